The predicted octanol–water partition coefficient (Wildman–Crippen LogP) is 2.40. The van der Waals surface area contributed by atoms with Crippen molar-refractivity contribution < 1.29 is 4.74 Å². The first-order chi connectivity index (χ1) is 13.1. The van der Waals surface area contributed by atoms with Crippen LogP contribution in [-0.4, -0.2) is 36.8 Å². The molecule has 0 fully saturated rings. The Hall–Kier alpha value is -2.88. The molecule has 0 radical (unpaired) electrons. The number of nitrogens with two attached hydrogens (primary N) is 2. The standard InChI is InChI=1S/C17H22N8OS/c1-3-4-9-25-14(11-5-7-12(26-2)8-6-11)23-24-17(25)27-10-13-20-15(18)22-16(19)21-13/h5-8H,3-4,9-10H2,1-2H3,(H4,18,19,20,21,22). The molecule has 0 unspecified atom stereocenters. The van der Waals surface area contributed by atoms with Gasteiger partial charge in [0.15, 0.2) is 11.0 Å². The summed E-state index contributed by atoms with van der Waals surface area (Å²) in [4.78, 5) is 12.0. The summed E-state index contributed by atoms with van der Waals surface area (Å²) in [6.07, 6.45) is 2.10. The lowest BCUT2D eigenvalue weighted by molar-refractivity contribution is 0.415. The van der Waals surface area contributed by atoms with Crippen LogP contribution >= 0.6 is 11.8 Å². The highest BCUT2D eigenvalue weighted by Crippen LogP contribution is 2.27. The molecule has 0 atom stereocenters. The molecule has 2 heterocycles. The molecule has 1 aromatic carbocycles. The summed E-state index contributed by atoms with van der Waals surface area (Å²) < 4.78 is 7.34. The van der Waals surface area contributed by atoms with E-state index in [0.717, 1.165) is 41.7 Å². The lowest BCUT2D eigenvalue weighted by atomic mass is 10.2. The molecule has 0 spiro atoms. The lowest BCUT2D eigenvalue weighted by Crippen LogP contribution is -2.07. The van der Waals surface area contributed by atoms with Gasteiger partial charge in [-0.05, 0) is 30.7 Å². The van der Waals surface area contributed by atoms with Crippen molar-refractivity contribution in [2.75, 3.05) is 18.6 Å². The first-order valence-electron chi connectivity index (χ1n) is 8.57. The highest BCUT2D eigenvalue weighted by Gasteiger charge is 2.15. The molecule has 0 aliphatic rings. The fraction of sp³-hybridized carbons (Fsp3) is 0.353. The van der Waals surface area contributed by atoms with Crippen molar-refractivity contribution in [2.24, 2.45) is 0 Å². The largest absolute Gasteiger partial charge is 0.497 e. The molecule has 0 bridgehead atoms. The number of nitrogens with zero attached hydrogens (tertiary/aromatic N) is 6. The molecule has 0 saturated carbocycles. The van der Waals surface area contributed by atoms with Crippen LogP contribution in [0.25, 0.3) is 11.4 Å². The van der Waals surface area contributed by atoms with Crippen molar-refractivity contribution in [3.8, 4) is 17.1 Å². The number of hydrogen-bond donors (Lipinski definition) is 2. The molecule has 9 nitrogen and oxygen atoms in total. The van der Waals surface area contributed by atoms with Gasteiger partial charge in [-0.15, -0.1) is 10.2 Å². The third-order valence-electron chi connectivity index (χ3n) is 3.85. The van der Waals surface area contributed by atoms with Gasteiger partial charge in [-0.1, -0.05) is 25.1 Å². The second-order valence-corrected chi connectivity index (χ2v) is 6.74. The average molecular weight is 386 g/mol. The molecule has 0 aliphatic carbocycles. The van der Waals surface area contributed by atoms with Crippen LogP contribution in [0.2, 0.25) is 0 Å². The van der Waals surface area contributed by atoms with Crippen molar-refractivity contribution in [1.29, 1.82) is 0 Å². The zero-order valence-electron chi connectivity index (χ0n) is 15.3. The minimum Gasteiger partial charge on any atom is -0.497 e. The number of rotatable bonds is 8. The van der Waals surface area contributed by atoms with E-state index in [1.807, 2.05) is 24.3 Å². The van der Waals surface area contributed by atoms with Gasteiger partial charge in [0, 0.05) is 12.1 Å². The summed E-state index contributed by atoms with van der Waals surface area (Å²) in [7, 11) is 1.65. The first kappa shape index (κ1) is 18.9. The number of benzene rings is 1. The predicted molar refractivity (Wildman–Crippen MR) is 105 cm³/mol. The van der Waals surface area contributed by atoms with E-state index in [0.29, 0.717) is 11.6 Å². The number of anilines is 2. The fourth-order valence-electron chi connectivity index (χ4n) is 2.52. The Morgan fingerprint density at radius 3 is 2.37 bits per heavy atom. The quantitative estimate of drug-likeness (QED) is 0.560. The maximum atomic E-state index is 5.63. The van der Waals surface area contributed by atoms with Gasteiger partial charge in [-0.3, -0.25) is 0 Å². The highest BCUT2D eigenvalue weighted by molar-refractivity contribution is 7.98. The number of nitrogen functional groups attached to an aromatic ring is 2. The first-order valence-corrected chi connectivity index (χ1v) is 9.55. The summed E-state index contributed by atoms with van der Waals surface area (Å²) in [5.74, 6) is 2.85. The van der Waals surface area contributed by atoms with Crippen molar-refractivity contribution >= 4 is 23.7 Å². The summed E-state index contributed by atoms with van der Waals surface area (Å²) >= 11 is 1.49. The molecule has 0 aliphatic heterocycles. The molecular weight excluding hydrogens is 364 g/mol. The van der Waals surface area contributed by atoms with Crippen molar-refractivity contribution in [3.05, 3.63) is 30.1 Å². The van der Waals surface area contributed by atoms with Crippen LogP contribution in [0.15, 0.2) is 29.4 Å². The fourth-order valence-corrected chi connectivity index (χ4v) is 3.34. The van der Waals surface area contributed by atoms with Crippen molar-refractivity contribution in [1.82, 2.24) is 29.7 Å². The van der Waals surface area contributed by atoms with Gasteiger partial charge < -0.3 is 20.8 Å². The van der Waals surface area contributed by atoms with Crippen LogP contribution in [0.4, 0.5) is 11.9 Å². The summed E-state index contributed by atoms with van der Waals surface area (Å²) in [5.41, 5.74) is 12.3. The highest BCUT2D eigenvalue weighted by atomic mass is 32.2. The number of thioether (sulfide) groups is 1. The van der Waals surface area contributed by atoms with Gasteiger partial charge in [-0.2, -0.15) is 15.0 Å². The second kappa shape index (κ2) is 8.67. The second-order valence-electron chi connectivity index (χ2n) is 5.80. The number of ether oxygens (including phenoxy) is 1. The molecular formula is C17H22N8OS. The van der Waals surface area contributed by atoms with Gasteiger partial charge >= 0.3 is 0 Å². The number of hydrogen-bond acceptors (Lipinski definition) is 9. The third kappa shape index (κ3) is 4.64. The Bertz CT molecular complexity index is 876. The Labute approximate surface area is 161 Å². The number of aromatic nitrogens is 6. The van der Waals surface area contributed by atoms with E-state index >= 15 is 0 Å². The molecule has 27 heavy (non-hydrogen) atoms. The molecule has 3 rings (SSSR count). The smallest absolute Gasteiger partial charge is 0.225 e. The third-order valence-corrected chi connectivity index (χ3v) is 4.81. The minimum atomic E-state index is 0.115. The maximum absolute atomic E-state index is 5.63. The van der Waals surface area contributed by atoms with Gasteiger partial charge in [0.05, 0.1) is 12.9 Å². The van der Waals surface area contributed by atoms with E-state index in [2.05, 4.69) is 36.6 Å². The molecule has 142 valence electrons. The van der Waals surface area contributed by atoms with Gasteiger partial charge in [0.25, 0.3) is 0 Å². The Morgan fingerprint density at radius 1 is 1.04 bits per heavy atom. The summed E-state index contributed by atoms with van der Waals surface area (Å²) in [6.45, 7) is 2.98. The maximum Gasteiger partial charge on any atom is 0.225 e. The zero-order chi connectivity index (χ0) is 19.2. The van der Waals surface area contributed by atoms with Crippen molar-refractivity contribution in [2.45, 2.75) is 37.2 Å². The minimum absolute atomic E-state index is 0.115. The monoisotopic (exact) mass is 386 g/mol. The molecule has 3 aromatic rings. The normalized spacial score (nSPS) is 10.9. The van der Waals surface area contributed by atoms with Crippen LogP contribution in [-0.2, 0) is 12.3 Å². The van der Waals surface area contributed by atoms with E-state index in [9.17, 15) is 0 Å². The summed E-state index contributed by atoms with van der Waals surface area (Å²) in [5, 5.41) is 9.55. The van der Waals surface area contributed by atoms with Crippen molar-refractivity contribution in [3.63, 3.8) is 0 Å². The van der Waals surface area contributed by atoms with E-state index in [4.69, 9.17) is 16.2 Å². The Kier molecular flexibility index (Phi) is 6.07. The topological polar surface area (TPSA) is 131 Å². The SMILES string of the molecule is CCCCn1c(SCc2nc(N)nc(N)n2)nnc1-c1ccc(OC)cc1. The van der Waals surface area contributed by atoms with Crippen LogP contribution < -0.4 is 16.2 Å². The molecule has 10 heteroatoms. The van der Waals surface area contributed by atoms with Crippen LogP contribution in [0.3, 0.4) is 0 Å². The van der Waals surface area contributed by atoms with Crippen LogP contribution in [0.5, 0.6) is 5.75 Å². The molecule has 0 amide bonds. The van der Waals surface area contributed by atoms with Gasteiger partial charge in [-0.25, -0.2) is 0 Å². The summed E-state index contributed by atoms with van der Waals surface area (Å²) in [6, 6.07) is 7.79. The Balaban J connectivity index is 1.84. The lowest BCUT2D eigenvalue weighted by Gasteiger charge is -2.10. The number of unbranched alkanes of at least 4 members (excludes halogenated alkanes) is 1. The zero-order valence-corrected chi connectivity index (χ0v) is 16.1. The average Bonchev–Trinajstić information content (AvgIpc) is 3.06. The Morgan fingerprint density at radius 2 is 1.74 bits per heavy atom. The van der Waals surface area contributed by atoms with E-state index in [-0.39, 0.29) is 11.9 Å². The van der Waals surface area contributed by atoms with Gasteiger partial charge in [0.2, 0.25) is 11.9 Å². The molecule has 2 aromatic heterocycles. The van der Waals surface area contributed by atoms with Crippen LogP contribution in [0.1, 0.15) is 25.6 Å². The molecule has 4 N–H and O–H groups in total. The van der Waals surface area contributed by atoms with E-state index in [1.165, 1.54) is 11.8 Å². The number of methoxy groups -OCH3 is 1. The van der Waals surface area contributed by atoms with Gasteiger partial charge in [0.1, 0.15) is 11.6 Å². The molecule has 0 saturated heterocycles. The van der Waals surface area contributed by atoms with Crippen LogP contribution in [0, 0.1) is 0 Å². The van der Waals surface area contributed by atoms with E-state index < -0.39 is 0 Å². The van der Waals surface area contributed by atoms with E-state index in [1.54, 1.807) is 7.11 Å².